The second-order valence-electron chi connectivity index (χ2n) is 5.68. The average Bonchev–Trinajstić information content (AvgIpc) is 3.19. The Morgan fingerprint density at radius 3 is 2.64 bits per heavy atom. The molecule has 0 spiro atoms. The van der Waals surface area contributed by atoms with Gasteiger partial charge in [-0.1, -0.05) is 31.5 Å². The lowest BCUT2D eigenvalue weighted by Gasteiger charge is -2.23. The second kappa shape index (κ2) is 6.52. The van der Waals surface area contributed by atoms with Crippen LogP contribution < -0.4 is 0 Å². The first-order valence-corrected chi connectivity index (χ1v) is 10.1. The highest BCUT2D eigenvalue weighted by Gasteiger charge is 2.36. The molecular formula is C17H21NO2S2. The van der Waals surface area contributed by atoms with E-state index in [-0.39, 0.29) is 6.04 Å². The Kier molecular flexibility index (Phi) is 4.66. The van der Waals surface area contributed by atoms with Crippen LogP contribution in [0.1, 0.15) is 42.7 Å². The summed E-state index contributed by atoms with van der Waals surface area (Å²) >= 11 is 1.64. The normalized spacial score (nSPS) is 19.6. The number of aryl methyl sites for hydroxylation is 1. The van der Waals surface area contributed by atoms with Gasteiger partial charge in [0, 0.05) is 11.4 Å². The molecule has 2 heterocycles. The van der Waals surface area contributed by atoms with Crippen LogP contribution in [0.4, 0.5) is 0 Å². The SMILES string of the molecule is CCCc1ccc(S(=O)(=O)N2CCCC2c2cccs2)cc1. The zero-order chi connectivity index (χ0) is 15.6. The van der Waals surface area contributed by atoms with E-state index in [1.807, 2.05) is 29.6 Å². The van der Waals surface area contributed by atoms with Gasteiger partial charge in [0.05, 0.1) is 10.9 Å². The molecule has 1 aromatic heterocycles. The van der Waals surface area contributed by atoms with Gasteiger partial charge in [-0.3, -0.25) is 0 Å². The summed E-state index contributed by atoms with van der Waals surface area (Å²) in [6, 6.07) is 11.4. The van der Waals surface area contributed by atoms with Gasteiger partial charge in [0.15, 0.2) is 0 Å². The number of hydrogen-bond donors (Lipinski definition) is 0. The fourth-order valence-electron chi connectivity index (χ4n) is 3.05. The summed E-state index contributed by atoms with van der Waals surface area (Å²) in [6.07, 6.45) is 3.89. The Morgan fingerprint density at radius 2 is 2.00 bits per heavy atom. The molecule has 2 aromatic rings. The predicted octanol–water partition coefficient (Wildman–Crippen LogP) is 4.23. The quantitative estimate of drug-likeness (QED) is 0.820. The molecule has 0 bridgehead atoms. The van der Waals surface area contributed by atoms with E-state index < -0.39 is 10.0 Å². The monoisotopic (exact) mass is 335 g/mol. The molecule has 0 N–H and O–H groups in total. The van der Waals surface area contributed by atoms with Gasteiger partial charge in [-0.25, -0.2) is 8.42 Å². The van der Waals surface area contributed by atoms with Gasteiger partial charge in [-0.05, 0) is 48.4 Å². The molecule has 118 valence electrons. The molecule has 22 heavy (non-hydrogen) atoms. The molecule has 0 saturated carbocycles. The highest BCUT2D eigenvalue weighted by molar-refractivity contribution is 7.89. The lowest BCUT2D eigenvalue weighted by Crippen LogP contribution is -2.30. The molecule has 1 atom stereocenters. The minimum atomic E-state index is -3.41. The van der Waals surface area contributed by atoms with Gasteiger partial charge in [-0.15, -0.1) is 11.3 Å². The molecular weight excluding hydrogens is 314 g/mol. The molecule has 1 aliphatic rings. The van der Waals surface area contributed by atoms with Crippen LogP contribution in [0.15, 0.2) is 46.7 Å². The molecule has 3 nitrogen and oxygen atoms in total. The van der Waals surface area contributed by atoms with Crippen molar-refractivity contribution in [2.24, 2.45) is 0 Å². The summed E-state index contributed by atoms with van der Waals surface area (Å²) in [5.41, 5.74) is 1.19. The van der Waals surface area contributed by atoms with E-state index in [1.165, 1.54) is 5.56 Å². The van der Waals surface area contributed by atoms with Gasteiger partial charge in [0.25, 0.3) is 0 Å². The molecule has 1 unspecified atom stereocenters. The van der Waals surface area contributed by atoms with Crippen molar-refractivity contribution in [1.82, 2.24) is 4.31 Å². The first-order valence-electron chi connectivity index (χ1n) is 7.77. The first kappa shape index (κ1) is 15.7. The number of thiophene rings is 1. The molecule has 1 aliphatic heterocycles. The Morgan fingerprint density at radius 1 is 1.23 bits per heavy atom. The zero-order valence-electron chi connectivity index (χ0n) is 12.7. The molecule has 1 saturated heterocycles. The van der Waals surface area contributed by atoms with Crippen LogP contribution in [0.25, 0.3) is 0 Å². The minimum absolute atomic E-state index is 0.000295. The largest absolute Gasteiger partial charge is 0.243 e. The number of rotatable bonds is 5. The van der Waals surface area contributed by atoms with Crippen LogP contribution in [0, 0.1) is 0 Å². The van der Waals surface area contributed by atoms with E-state index in [2.05, 4.69) is 6.92 Å². The molecule has 3 rings (SSSR count). The van der Waals surface area contributed by atoms with Gasteiger partial charge < -0.3 is 0 Å². The summed E-state index contributed by atoms with van der Waals surface area (Å²) in [7, 11) is -3.41. The molecule has 1 aromatic carbocycles. The van der Waals surface area contributed by atoms with E-state index in [4.69, 9.17) is 0 Å². The number of hydrogen-bond acceptors (Lipinski definition) is 3. The Balaban J connectivity index is 1.88. The summed E-state index contributed by atoms with van der Waals surface area (Å²) in [5, 5.41) is 2.01. The van der Waals surface area contributed by atoms with Crippen molar-refractivity contribution in [2.75, 3.05) is 6.54 Å². The Hall–Kier alpha value is -1.17. The van der Waals surface area contributed by atoms with Crippen LogP contribution in [-0.4, -0.2) is 19.3 Å². The van der Waals surface area contributed by atoms with Crippen LogP contribution in [0.5, 0.6) is 0 Å². The summed E-state index contributed by atoms with van der Waals surface area (Å²) in [6.45, 7) is 2.74. The predicted molar refractivity (Wildman–Crippen MR) is 90.6 cm³/mol. The molecule has 5 heteroatoms. The third kappa shape index (κ3) is 2.98. The van der Waals surface area contributed by atoms with E-state index in [0.717, 1.165) is 30.6 Å². The third-order valence-electron chi connectivity index (χ3n) is 4.14. The number of nitrogens with zero attached hydrogens (tertiary/aromatic N) is 1. The van der Waals surface area contributed by atoms with Crippen LogP contribution in [0.3, 0.4) is 0 Å². The van der Waals surface area contributed by atoms with Crippen molar-refractivity contribution in [3.8, 4) is 0 Å². The van der Waals surface area contributed by atoms with Crippen LogP contribution >= 0.6 is 11.3 Å². The smallest absolute Gasteiger partial charge is 0.207 e. The van der Waals surface area contributed by atoms with Gasteiger partial charge >= 0.3 is 0 Å². The highest BCUT2D eigenvalue weighted by atomic mass is 32.2. The first-order chi connectivity index (χ1) is 10.6. The fourth-order valence-corrected chi connectivity index (χ4v) is 5.66. The van der Waals surface area contributed by atoms with Crippen LogP contribution in [0.2, 0.25) is 0 Å². The maximum atomic E-state index is 12.9. The van der Waals surface area contributed by atoms with E-state index in [1.54, 1.807) is 27.8 Å². The Bertz CT molecular complexity index is 706. The van der Waals surface area contributed by atoms with Crippen molar-refractivity contribution in [1.29, 1.82) is 0 Å². The van der Waals surface area contributed by atoms with E-state index >= 15 is 0 Å². The van der Waals surface area contributed by atoms with Crippen molar-refractivity contribution < 1.29 is 8.42 Å². The molecule has 1 fully saturated rings. The number of benzene rings is 1. The zero-order valence-corrected chi connectivity index (χ0v) is 14.4. The maximum absolute atomic E-state index is 12.9. The standard InChI is InChI=1S/C17H21NO2S2/c1-2-5-14-8-10-15(11-9-14)22(19,20)18-12-3-6-16(18)17-7-4-13-21-17/h4,7-11,13,16H,2-3,5-6,12H2,1H3. The lowest BCUT2D eigenvalue weighted by atomic mass is 10.1. The third-order valence-corrected chi connectivity index (χ3v) is 7.04. The lowest BCUT2D eigenvalue weighted by molar-refractivity contribution is 0.401. The second-order valence-corrected chi connectivity index (χ2v) is 8.55. The van der Waals surface area contributed by atoms with Crippen molar-refractivity contribution in [3.05, 3.63) is 52.2 Å². The topological polar surface area (TPSA) is 37.4 Å². The number of sulfonamides is 1. The van der Waals surface area contributed by atoms with Crippen molar-refractivity contribution >= 4 is 21.4 Å². The average molecular weight is 335 g/mol. The van der Waals surface area contributed by atoms with Crippen molar-refractivity contribution in [2.45, 2.75) is 43.5 Å². The molecule has 0 amide bonds. The van der Waals surface area contributed by atoms with Crippen LogP contribution in [-0.2, 0) is 16.4 Å². The minimum Gasteiger partial charge on any atom is -0.207 e. The van der Waals surface area contributed by atoms with Gasteiger partial charge in [0.2, 0.25) is 10.0 Å². The van der Waals surface area contributed by atoms with Gasteiger partial charge in [-0.2, -0.15) is 4.31 Å². The molecule has 0 aliphatic carbocycles. The molecule has 0 radical (unpaired) electrons. The maximum Gasteiger partial charge on any atom is 0.243 e. The van der Waals surface area contributed by atoms with Crippen molar-refractivity contribution in [3.63, 3.8) is 0 Å². The summed E-state index contributed by atoms with van der Waals surface area (Å²) in [4.78, 5) is 1.56. The Labute approximate surface area is 136 Å². The highest BCUT2D eigenvalue weighted by Crippen LogP contribution is 2.38. The van der Waals surface area contributed by atoms with E-state index in [0.29, 0.717) is 11.4 Å². The fraction of sp³-hybridized carbons (Fsp3) is 0.412. The summed E-state index contributed by atoms with van der Waals surface area (Å²) in [5.74, 6) is 0. The summed E-state index contributed by atoms with van der Waals surface area (Å²) < 4.78 is 27.6. The van der Waals surface area contributed by atoms with E-state index in [9.17, 15) is 8.42 Å². The van der Waals surface area contributed by atoms with Gasteiger partial charge in [0.1, 0.15) is 0 Å².